The van der Waals surface area contributed by atoms with Gasteiger partial charge in [-0.15, -0.1) is 0 Å². The van der Waals surface area contributed by atoms with E-state index < -0.39 is 5.91 Å². The van der Waals surface area contributed by atoms with Crippen molar-refractivity contribution >= 4 is 23.0 Å². The first-order valence-corrected chi connectivity index (χ1v) is 9.06. The summed E-state index contributed by atoms with van der Waals surface area (Å²) in [7, 11) is 0. The van der Waals surface area contributed by atoms with Gasteiger partial charge in [0.15, 0.2) is 0 Å². The van der Waals surface area contributed by atoms with Gasteiger partial charge in [0.2, 0.25) is 0 Å². The van der Waals surface area contributed by atoms with Crippen LogP contribution in [0.2, 0.25) is 0 Å². The van der Waals surface area contributed by atoms with Gasteiger partial charge in [-0.05, 0) is 47.5 Å². The van der Waals surface area contributed by atoms with Gasteiger partial charge >= 0.3 is 0 Å². The van der Waals surface area contributed by atoms with Crippen LogP contribution in [0.25, 0.3) is 28.5 Å². The monoisotopic (exact) mass is 387 g/mol. The minimum absolute atomic E-state index is 0.268. The number of amides is 1. The number of nitrogens with one attached hydrogen (secondary N) is 1. The highest BCUT2D eigenvalue weighted by Crippen LogP contribution is 2.27. The molecule has 0 unspecified atom stereocenters. The molecule has 3 aromatic carbocycles. The maximum atomic E-state index is 13.3. The summed E-state index contributed by atoms with van der Waals surface area (Å²) in [5.41, 5.74) is 6.06. The zero-order valence-electron chi connectivity index (χ0n) is 15.4. The van der Waals surface area contributed by atoms with Gasteiger partial charge in [0, 0.05) is 18.2 Å². The number of fused-ring (bicyclic) bond motifs is 1. The lowest BCUT2D eigenvalue weighted by Crippen LogP contribution is -2.14. The number of nitrogens with zero attached hydrogens (tertiary/aromatic N) is 2. The van der Waals surface area contributed by atoms with E-state index in [-0.39, 0.29) is 5.82 Å². The van der Waals surface area contributed by atoms with Crippen LogP contribution in [-0.4, -0.2) is 20.7 Å². The van der Waals surface area contributed by atoms with Crippen LogP contribution in [0, 0.1) is 5.82 Å². The predicted molar refractivity (Wildman–Crippen MR) is 110 cm³/mol. The summed E-state index contributed by atoms with van der Waals surface area (Å²) in [5, 5.41) is 8.63. The van der Waals surface area contributed by atoms with Crippen molar-refractivity contribution in [3.8, 4) is 11.4 Å². The van der Waals surface area contributed by atoms with Crippen LogP contribution < -0.4 is 5.48 Å². The molecule has 0 radical (unpaired) electrons. The number of benzene rings is 3. The number of carbonyl (C=O) groups is 1. The van der Waals surface area contributed by atoms with Gasteiger partial charge in [0.1, 0.15) is 11.6 Å². The van der Waals surface area contributed by atoms with Gasteiger partial charge in [0.25, 0.3) is 5.91 Å². The van der Waals surface area contributed by atoms with Gasteiger partial charge in [-0.1, -0.05) is 42.5 Å². The van der Waals surface area contributed by atoms with Crippen molar-refractivity contribution in [2.24, 2.45) is 0 Å². The van der Waals surface area contributed by atoms with Gasteiger partial charge in [-0.25, -0.2) is 14.9 Å². The van der Waals surface area contributed by atoms with E-state index in [1.165, 1.54) is 18.2 Å². The van der Waals surface area contributed by atoms with E-state index in [0.29, 0.717) is 6.54 Å². The molecule has 6 heteroatoms. The van der Waals surface area contributed by atoms with Gasteiger partial charge in [-0.2, -0.15) is 0 Å². The molecular weight excluding hydrogens is 369 g/mol. The van der Waals surface area contributed by atoms with Gasteiger partial charge < -0.3 is 4.57 Å². The third-order valence-corrected chi connectivity index (χ3v) is 4.59. The number of carbonyl (C=O) groups excluding carboxylic acids is 1. The fourth-order valence-corrected chi connectivity index (χ4v) is 3.22. The SMILES string of the molecule is O=C(/C=C/c1cccc(-c2nc3ccccc3n2Cc2ccc(F)cc2)c1)NO. The van der Waals surface area contributed by atoms with Crippen LogP contribution in [-0.2, 0) is 11.3 Å². The highest BCUT2D eigenvalue weighted by atomic mass is 19.1. The Hall–Kier alpha value is -3.77. The Kier molecular flexibility index (Phi) is 5.18. The minimum Gasteiger partial charge on any atom is -0.319 e. The summed E-state index contributed by atoms with van der Waals surface area (Å²) >= 11 is 0. The number of halogens is 1. The summed E-state index contributed by atoms with van der Waals surface area (Å²) in [6.07, 6.45) is 2.86. The number of para-hydroxylation sites is 2. The molecule has 0 spiro atoms. The second kappa shape index (κ2) is 8.08. The van der Waals surface area contributed by atoms with Crippen LogP contribution in [0.5, 0.6) is 0 Å². The Balaban J connectivity index is 1.78. The summed E-state index contributed by atoms with van der Waals surface area (Å²) < 4.78 is 15.4. The largest absolute Gasteiger partial charge is 0.319 e. The van der Waals surface area contributed by atoms with Crippen molar-refractivity contribution in [3.05, 3.63) is 95.8 Å². The van der Waals surface area contributed by atoms with Gasteiger partial charge in [-0.3, -0.25) is 10.0 Å². The van der Waals surface area contributed by atoms with Crippen LogP contribution in [0.3, 0.4) is 0 Å². The number of hydroxylamine groups is 1. The highest BCUT2D eigenvalue weighted by Gasteiger charge is 2.13. The Bertz CT molecular complexity index is 1200. The van der Waals surface area contributed by atoms with E-state index in [2.05, 4.69) is 4.57 Å². The van der Waals surface area contributed by atoms with Crippen molar-refractivity contribution in [1.82, 2.24) is 15.0 Å². The fraction of sp³-hybridized carbons (Fsp3) is 0.0435. The Morgan fingerprint density at radius 2 is 1.86 bits per heavy atom. The second-order valence-electron chi connectivity index (χ2n) is 6.57. The lowest BCUT2D eigenvalue weighted by Gasteiger charge is -2.10. The van der Waals surface area contributed by atoms with Crippen LogP contribution in [0.15, 0.2) is 78.9 Å². The molecule has 29 heavy (non-hydrogen) atoms. The summed E-state index contributed by atoms with van der Waals surface area (Å²) in [4.78, 5) is 16.0. The van der Waals surface area contributed by atoms with Crippen molar-refractivity contribution in [3.63, 3.8) is 0 Å². The molecule has 5 nitrogen and oxygen atoms in total. The molecule has 0 saturated heterocycles. The highest BCUT2D eigenvalue weighted by molar-refractivity contribution is 5.91. The van der Waals surface area contributed by atoms with E-state index in [9.17, 15) is 9.18 Å². The molecule has 0 aliphatic heterocycles. The molecule has 144 valence electrons. The minimum atomic E-state index is -0.598. The molecule has 0 atom stereocenters. The number of hydrogen-bond acceptors (Lipinski definition) is 3. The third kappa shape index (κ3) is 4.07. The molecule has 4 rings (SSSR count). The van der Waals surface area contributed by atoms with Crippen molar-refractivity contribution in [1.29, 1.82) is 0 Å². The molecule has 1 heterocycles. The first-order valence-electron chi connectivity index (χ1n) is 9.06. The Morgan fingerprint density at radius 3 is 2.66 bits per heavy atom. The molecule has 1 amide bonds. The molecule has 0 aliphatic carbocycles. The van der Waals surface area contributed by atoms with E-state index in [1.807, 2.05) is 48.5 Å². The Morgan fingerprint density at radius 1 is 1.07 bits per heavy atom. The second-order valence-corrected chi connectivity index (χ2v) is 6.57. The maximum Gasteiger partial charge on any atom is 0.267 e. The molecule has 4 aromatic rings. The van der Waals surface area contributed by atoms with E-state index in [1.54, 1.807) is 23.7 Å². The summed E-state index contributed by atoms with van der Waals surface area (Å²) in [6, 6.07) is 21.9. The number of imidazole rings is 1. The lowest BCUT2D eigenvalue weighted by atomic mass is 10.1. The smallest absolute Gasteiger partial charge is 0.267 e. The molecular formula is C23H18FN3O2. The third-order valence-electron chi connectivity index (χ3n) is 4.59. The molecule has 0 aliphatic rings. The molecule has 0 bridgehead atoms. The van der Waals surface area contributed by atoms with Crippen molar-refractivity contribution in [2.75, 3.05) is 0 Å². The topological polar surface area (TPSA) is 67.2 Å². The zero-order valence-corrected chi connectivity index (χ0v) is 15.4. The molecule has 0 fully saturated rings. The van der Waals surface area contributed by atoms with Gasteiger partial charge in [0.05, 0.1) is 11.0 Å². The van der Waals surface area contributed by atoms with Crippen molar-refractivity contribution in [2.45, 2.75) is 6.54 Å². The van der Waals surface area contributed by atoms with E-state index >= 15 is 0 Å². The first-order chi connectivity index (χ1) is 14.1. The Labute approximate surface area is 166 Å². The number of rotatable bonds is 5. The normalized spacial score (nSPS) is 11.2. The molecule has 0 saturated carbocycles. The van der Waals surface area contributed by atoms with E-state index in [0.717, 1.165) is 33.5 Å². The average Bonchev–Trinajstić information content (AvgIpc) is 3.12. The average molecular weight is 387 g/mol. The number of hydrogen-bond donors (Lipinski definition) is 2. The van der Waals surface area contributed by atoms with Crippen LogP contribution in [0.4, 0.5) is 4.39 Å². The maximum absolute atomic E-state index is 13.3. The zero-order chi connectivity index (χ0) is 20.2. The predicted octanol–water partition coefficient (Wildman–Crippen LogP) is 4.41. The molecule has 2 N–H and O–H groups in total. The van der Waals surface area contributed by atoms with Crippen LogP contribution >= 0.6 is 0 Å². The quantitative estimate of drug-likeness (QED) is 0.303. The summed E-state index contributed by atoms with van der Waals surface area (Å²) in [6.45, 7) is 0.545. The summed E-state index contributed by atoms with van der Waals surface area (Å²) in [5.74, 6) is -0.0906. The first kappa shape index (κ1) is 18.6. The lowest BCUT2D eigenvalue weighted by molar-refractivity contribution is -0.124. The fourth-order valence-electron chi connectivity index (χ4n) is 3.22. The number of aromatic nitrogens is 2. The van der Waals surface area contributed by atoms with E-state index in [4.69, 9.17) is 10.2 Å². The van der Waals surface area contributed by atoms with Crippen molar-refractivity contribution < 1.29 is 14.4 Å². The molecule has 1 aromatic heterocycles. The van der Waals surface area contributed by atoms with Crippen LogP contribution in [0.1, 0.15) is 11.1 Å². The standard InChI is InChI=1S/C23H18FN3O2/c24-19-11-8-17(9-12-19)15-27-21-7-2-1-6-20(21)25-23(27)18-5-3-4-16(14-18)10-13-22(28)26-29/h1-14,29H,15H2,(H,26,28)/b13-10+.